The average molecular weight is 232 g/mol. The third-order valence-corrected chi connectivity index (χ3v) is 1.91. The number of carboxylic acid groups (broad SMARTS) is 1. The third kappa shape index (κ3) is 13.3. The zero-order chi connectivity index (χ0) is 12.1. The number of carboxylic acids is 1. The molecule has 0 radical (unpaired) electrons. The fraction of sp³-hybridized carbons (Fsp3) is 0.900. The highest BCUT2D eigenvalue weighted by Gasteiger charge is 1.93. The first-order chi connectivity index (χ1) is 7.77. The van der Waals surface area contributed by atoms with E-state index in [1.54, 1.807) is 0 Å². The van der Waals surface area contributed by atoms with Gasteiger partial charge in [0.1, 0.15) is 0 Å². The maximum atomic E-state index is 10.2. The Morgan fingerprint density at radius 1 is 0.938 bits per heavy atom. The van der Waals surface area contributed by atoms with Crippen LogP contribution in [0.15, 0.2) is 0 Å². The summed E-state index contributed by atoms with van der Waals surface area (Å²) in [4.78, 5) is 10.2. The Bertz CT molecular complexity index is 167. The molecule has 0 aromatic heterocycles. The van der Waals surface area contributed by atoms with Gasteiger partial charge in [-0.05, 0) is 13.0 Å². The average Bonchev–Trinajstić information content (AvgIpc) is 2.25. The van der Waals surface area contributed by atoms with Crippen LogP contribution >= 0.6 is 0 Å². The number of hydrogen-bond donors (Lipinski definition) is 5. The fourth-order valence-electron chi connectivity index (χ4n) is 1.13. The van der Waals surface area contributed by atoms with Crippen LogP contribution in [0, 0.1) is 0 Å². The quantitative estimate of drug-likeness (QED) is 0.215. The van der Waals surface area contributed by atoms with E-state index in [-0.39, 0.29) is 6.54 Å². The molecule has 16 heavy (non-hydrogen) atoms. The van der Waals surface area contributed by atoms with Gasteiger partial charge in [-0.2, -0.15) is 0 Å². The van der Waals surface area contributed by atoms with Crippen molar-refractivity contribution in [2.24, 2.45) is 0 Å². The topological polar surface area (TPSA) is 85.4 Å². The maximum absolute atomic E-state index is 10.2. The molecule has 5 N–H and O–H groups in total. The lowest BCUT2D eigenvalue weighted by atomic mass is 10.4. The molecular formula is C10H24N4O2. The Labute approximate surface area is 97.2 Å². The molecule has 0 aromatic rings. The van der Waals surface area contributed by atoms with Crippen LogP contribution < -0.4 is 21.3 Å². The highest BCUT2D eigenvalue weighted by Crippen LogP contribution is 1.68. The van der Waals surface area contributed by atoms with Crippen LogP contribution in [-0.4, -0.2) is 57.0 Å². The van der Waals surface area contributed by atoms with Gasteiger partial charge in [0.25, 0.3) is 0 Å². The van der Waals surface area contributed by atoms with Crippen molar-refractivity contribution in [2.75, 3.05) is 45.9 Å². The summed E-state index contributed by atoms with van der Waals surface area (Å²) in [6, 6.07) is 0. The zero-order valence-electron chi connectivity index (χ0n) is 10.0. The predicted molar refractivity (Wildman–Crippen MR) is 64.5 cm³/mol. The van der Waals surface area contributed by atoms with E-state index in [9.17, 15) is 4.79 Å². The Morgan fingerprint density at radius 2 is 1.50 bits per heavy atom. The van der Waals surface area contributed by atoms with Crippen molar-refractivity contribution < 1.29 is 9.90 Å². The lowest BCUT2D eigenvalue weighted by molar-refractivity contribution is -0.135. The van der Waals surface area contributed by atoms with E-state index in [2.05, 4.69) is 28.2 Å². The minimum absolute atomic E-state index is 0.00136. The molecule has 0 aliphatic rings. The second-order valence-corrected chi connectivity index (χ2v) is 3.50. The first-order valence-corrected chi connectivity index (χ1v) is 5.82. The predicted octanol–water partition coefficient (Wildman–Crippen LogP) is -1.20. The lowest BCUT2D eigenvalue weighted by Crippen LogP contribution is -2.37. The van der Waals surface area contributed by atoms with Crippen molar-refractivity contribution in [2.45, 2.75) is 13.3 Å². The molecule has 6 heteroatoms. The first kappa shape index (κ1) is 15.3. The van der Waals surface area contributed by atoms with Gasteiger partial charge in [0.05, 0.1) is 6.54 Å². The molecular weight excluding hydrogens is 208 g/mol. The number of hydrogen-bond acceptors (Lipinski definition) is 5. The fourth-order valence-corrected chi connectivity index (χ4v) is 1.13. The minimum Gasteiger partial charge on any atom is -0.480 e. The molecule has 0 heterocycles. The first-order valence-electron chi connectivity index (χ1n) is 5.82. The smallest absolute Gasteiger partial charge is 0.317 e. The maximum Gasteiger partial charge on any atom is 0.317 e. The normalized spacial score (nSPS) is 10.6. The van der Waals surface area contributed by atoms with Crippen molar-refractivity contribution in [3.05, 3.63) is 0 Å². The molecule has 0 bridgehead atoms. The number of aliphatic carboxylic acids is 1. The summed E-state index contributed by atoms with van der Waals surface area (Å²) in [5, 5.41) is 20.8. The van der Waals surface area contributed by atoms with Gasteiger partial charge < -0.3 is 21.1 Å². The Balaban J connectivity index is 2.90. The largest absolute Gasteiger partial charge is 0.480 e. The standard InChI is InChI=1S/C10H24N4O2/c1-2-3-11-4-5-12-6-7-13-9-14-8-10(15)16/h11-14H,2-9H2,1H3,(H,15,16). The highest BCUT2D eigenvalue weighted by atomic mass is 16.4. The minimum atomic E-state index is -0.832. The molecule has 0 rings (SSSR count). The van der Waals surface area contributed by atoms with E-state index in [0.717, 1.165) is 39.1 Å². The van der Waals surface area contributed by atoms with Gasteiger partial charge in [0.2, 0.25) is 0 Å². The second kappa shape index (κ2) is 12.4. The summed E-state index contributed by atoms with van der Waals surface area (Å²) >= 11 is 0. The van der Waals surface area contributed by atoms with Crippen molar-refractivity contribution in [3.8, 4) is 0 Å². The summed E-state index contributed by atoms with van der Waals surface area (Å²) in [5.41, 5.74) is 0. The van der Waals surface area contributed by atoms with Crippen LogP contribution in [0.4, 0.5) is 0 Å². The molecule has 0 amide bonds. The van der Waals surface area contributed by atoms with E-state index in [4.69, 9.17) is 5.11 Å². The Kier molecular flexibility index (Phi) is 11.8. The molecule has 0 saturated carbocycles. The third-order valence-electron chi connectivity index (χ3n) is 1.91. The van der Waals surface area contributed by atoms with Crippen LogP contribution in [-0.2, 0) is 4.79 Å². The van der Waals surface area contributed by atoms with Crippen molar-refractivity contribution in [1.82, 2.24) is 21.3 Å². The number of rotatable bonds is 12. The summed E-state index contributed by atoms with van der Waals surface area (Å²) < 4.78 is 0. The zero-order valence-corrected chi connectivity index (χ0v) is 10.0. The molecule has 0 atom stereocenters. The molecule has 0 saturated heterocycles. The molecule has 0 fully saturated rings. The van der Waals surface area contributed by atoms with Crippen LogP contribution in [0.2, 0.25) is 0 Å². The molecule has 6 nitrogen and oxygen atoms in total. The van der Waals surface area contributed by atoms with E-state index in [1.165, 1.54) is 0 Å². The lowest BCUT2D eigenvalue weighted by Gasteiger charge is -2.07. The van der Waals surface area contributed by atoms with Gasteiger partial charge in [-0.1, -0.05) is 6.92 Å². The molecule has 0 aliphatic carbocycles. The molecule has 0 unspecified atom stereocenters. The van der Waals surface area contributed by atoms with Gasteiger partial charge in [-0.15, -0.1) is 0 Å². The SMILES string of the molecule is CCCNCCNCCNCNCC(=O)O. The van der Waals surface area contributed by atoms with Crippen LogP contribution in [0.1, 0.15) is 13.3 Å². The van der Waals surface area contributed by atoms with E-state index < -0.39 is 5.97 Å². The number of carbonyl (C=O) groups is 1. The van der Waals surface area contributed by atoms with Crippen LogP contribution in [0.25, 0.3) is 0 Å². The van der Waals surface area contributed by atoms with Gasteiger partial charge >= 0.3 is 5.97 Å². The van der Waals surface area contributed by atoms with Gasteiger partial charge in [0, 0.05) is 32.8 Å². The summed E-state index contributed by atoms with van der Waals surface area (Å²) in [6.45, 7) is 7.43. The molecule has 0 aliphatic heterocycles. The van der Waals surface area contributed by atoms with Crippen molar-refractivity contribution >= 4 is 5.97 Å². The van der Waals surface area contributed by atoms with E-state index in [1.807, 2.05) is 0 Å². The van der Waals surface area contributed by atoms with Crippen molar-refractivity contribution in [1.29, 1.82) is 0 Å². The molecule has 0 spiro atoms. The van der Waals surface area contributed by atoms with Crippen molar-refractivity contribution in [3.63, 3.8) is 0 Å². The van der Waals surface area contributed by atoms with Crippen LogP contribution in [0.3, 0.4) is 0 Å². The summed E-state index contributed by atoms with van der Waals surface area (Å²) in [6.07, 6.45) is 1.16. The monoisotopic (exact) mass is 232 g/mol. The molecule has 0 aromatic carbocycles. The Morgan fingerprint density at radius 3 is 2.06 bits per heavy atom. The summed E-state index contributed by atoms with van der Waals surface area (Å²) in [7, 11) is 0. The van der Waals surface area contributed by atoms with E-state index >= 15 is 0 Å². The number of nitrogens with one attached hydrogen (secondary N) is 4. The van der Waals surface area contributed by atoms with E-state index in [0.29, 0.717) is 6.67 Å². The Hall–Kier alpha value is -0.690. The van der Waals surface area contributed by atoms with Gasteiger partial charge in [-0.3, -0.25) is 10.1 Å². The second-order valence-electron chi connectivity index (χ2n) is 3.50. The highest BCUT2D eigenvalue weighted by molar-refractivity contribution is 5.68. The van der Waals surface area contributed by atoms with Crippen LogP contribution in [0.5, 0.6) is 0 Å². The van der Waals surface area contributed by atoms with Gasteiger partial charge in [0.15, 0.2) is 0 Å². The van der Waals surface area contributed by atoms with Gasteiger partial charge in [-0.25, -0.2) is 0 Å². The summed E-state index contributed by atoms with van der Waals surface area (Å²) in [5.74, 6) is -0.832. The molecule has 96 valence electrons.